The summed E-state index contributed by atoms with van der Waals surface area (Å²) in [7, 11) is 0. The monoisotopic (exact) mass is 370 g/mol. The highest BCUT2D eigenvalue weighted by atomic mass is 35.5. The zero-order chi connectivity index (χ0) is 18.1. The first-order chi connectivity index (χ1) is 12.6. The van der Waals surface area contributed by atoms with E-state index in [0.717, 1.165) is 11.1 Å². The fourth-order valence-corrected chi connectivity index (χ4v) is 3.20. The Hall–Kier alpha value is -2.60. The number of oxazole rings is 1. The van der Waals surface area contributed by atoms with Gasteiger partial charge in [0.2, 0.25) is 11.6 Å². The highest BCUT2D eigenvalue weighted by molar-refractivity contribution is 6.30. The molecular weight excluding hydrogens is 352 g/mol. The van der Waals surface area contributed by atoms with Crippen LogP contribution in [-0.4, -0.2) is 47.0 Å². The lowest BCUT2D eigenvalue weighted by atomic mass is 10.1. The Labute approximate surface area is 156 Å². The molecule has 0 saturated carbocycles. The number of hydrogen-bond donors (Lipinski definition) is 0. The van der Waals surface area contributed by atoms with Crippen molar-refractivity contribution in [1.82, 2.24) is 14.9 Å². The average molecular weight is 371 g/mol. The van der Waals surface area contributed by atoms with Crippen molar-refractivity contribution in [3.05, 3.63) is 52.7 Å². The number of hydrogen-bond acceptors (Lipinski definition) is 5. The van der Waals surface area contributed by atoms with Gasteiger partial charge in [0.25, 0.3) is 6.01 Å². The van der Waals surface area contributed by atoms with Gasteiger partial charge in [0.1, 0.15) is 0 Å². The number of aromatic nitrogens is 2. The number of carbonyl (C=O) groups is 1. The molecule has 4 rings (SSSR count). The Morgan fingerprint density at radius 3 is 2.65 bits per heavy atom. The molecule has 6 nitrogen and oxygen atoms in total. The number of anilines is 1. The number of carbonyl (C=O) groups excluding carboxylic acids is 1. The summed E-state index contributed by atoms with van der Waals surface area (Å²) >= 11 is 5.89. The van der Waals surface area contributed by atoms with Gasteiger partial charge in [-0.3, -0.25) is 4.79 Å². The van der Waals surface area contributed by atoms with Gasteiger partial charge in [-0.1, -0.05) is 23.7 Å². The van der Waals surface area contributed by atoms with E-state index in [1.807, 2.05) is 42.2 Å². The van der Waals surface area contributed by atoms with Crippen LogP contribution in [0.25, 0.3) is 11.2 Å². The predicted octanol–water partition coefficient (Wildman–Crippen LogP) is 3.08. The minimum absolute atomic E-state index is 0.127. The molecule has 0 bridgehead atoms. The fraction of sp³-hybridized carbons (Fsp3) is 0.316. The van der Waals surface area contributed by atoms with E-state index in [9.17, 15) is 4.79 Å². The van der Waals surface area contributed by atoms with E-state index in [4.69, 9.17) is 16.0 Å². The van der Waals surface area contributed by atoms with Crippen LogP contribution in [0.3, 0.4) is 0 Å². The third kappa shape index (κ3) is 3.51. The molecule has 0 unspecified atom stereocenters. The summed E-state index contributed by atoms with van der Waals surface area (Å²) in [5, 5.41) is 0.679. The Morgan fingerprint density at radius 1 is 1.19 bits per heavy atom. The quantitative estimate of drug-likeness (QED) is 0.709. The second-order valence-electron chi connectivity index (χ2n) is 6.50. The second-order valence-corrected chi connectivity index (χ2v) is 6.94. The lowest BCUT2D eigenvalue weighted by Gasteiger charge is -2.33. The molecule has 1 aromatic carbocycles. The number of fused-ring (bicyclic) bond motifs is 1. The number of pyridine rings is 1. The number of halogens is 1. The summed E-state index contributed by atoms with van der Waals surface area (Å²) in [6, 6.07) is 9.91. The Balaban J connectivity index is 1.38. The molecule has 0 N–H and O–H groups in total. The third-order valence-corrected chi connectivity index (χ3v) is 4.80. The van der Waals surface area contributed by atoms with Crippen LogP contribution in [0.2, 0.25) is 5.02 Å². The molecule has 1 aliphatic heterocycles. The zero-order valence-electron chi connectivity index (χ0n) is 14.5. The van der Waals surface area contributed by atoms with Gasteiger partial charge < -0.3 is 14.2 Å². The van der Waals surface area contributed by atoms with Crippen molar-refractivity contribution in [3.63, 3.8) is 0 Å². The molecule has 0 atom stereocenters. The minimum atomic E-state index is 0.127. The molecule has 0 aliphatic carbocycles. The van der Waals surface area contributed by atoms with E-state index in [-0.39, 0.29) is 5.91 Å². The Kier molecular flexibility index (Phi) is 4.51. The normalized spacial score (nSPS) is 14.8. The van der Waals surface area contributed by atoms with Crippen LogP contribution in [0.15, 0.2) is 40.9 Å². The van der Waals surface area contributed by atoms with Crippen molar-refractivity contribution in [2.24, 2.45) is 0 Å². The van der Waals surface area contributed by atoms with Crippen LogP contribution in [0.5, 0.6) is 0 Å². The van der Waals surface area contributed by atoms with Crippen molar-refractivity contribution in [1.29, 1.82) is 0 Å². The predicted molar refractivity (Wildman–Crippen MR) is 100 cm³/mol. The highest BCUT2D eigenvalue weighted by Crippen LogP contribution is 2.22. The van der Waals surface area contributed by atoms with E-state index in [0.29, 0.717) is 54.9 Å². The van der Waals surface area contributed by atoms with E-state index in [1.54, 1.807) is 6.20 Å². The van der Waals surface area contributed by atoms with Crippen molar-refractivity contribution in [3.8, 4) is 0 Å². The van der Waals surface area contributed by atoms with Crippen molar-refractivity contribution < 1.29 is 9.21 Å². The lowest BCUT2D eigenvalue weighted by molar-refractivity contribution is -0.130. The van der Waals surface area contributed by atoms with Crippen LogP contribution in [0.4, 0.5) is 6.01 Å². The van der Waals surface area contributed by atoms with Crippen molar-refractivity contribution >= 4 is 34.8 Å². The van der Waals surface area contributed by atoms with Crippen molar-refractivity contribution in [2.45, 2.75) is 13.3 Å². The molecule has 2 aromatic heterocycles. The first kappa shape index (κ1) is 16.8. The van der Waals surface area contributed by atoms with Gasteiger partial charge in [0.05, 0.1) is 6.42 Å². The first-order valence-electron chi connectivity index (χ1n) is 8.59. The van der Waals surface area contributed by atoms with Gasteiger partial charge in [-0.2, -0.15) is 4.98 Å². The SMILES string of the molecule is Cc1cnc2nc(N3CCN(C(=O)Cc4ccc(Cl)cc4)CC3)oc2c1. The lowest BCUT2D eigenvalue weighted by Crippen LogP contribution is -2.49. The fourth-order valence-electron chi connectivity index (χ4n) is 3.08. The molecule has 1 amide bonds. The smallest absolute Gasteiger partial charge is 0.300 e. The molecule has 3 heterocycles. The Morgan fingerprint density at radius 2 is 1.92 bits per heavy atom. The van der Waals surface area contributed by atoms with Crippen LogP contribution in [0.1, 0.15) is 11.1 Å². The van der Waals surface area contributed by atoms with Gasteiger partial charge in [0.15, 0.2) is 5.58 Å². The Bertz CT molecular complexity index is 930. The van der Waals surface area contributed by atoms with Crippen molar-refractivity contribution in [2.75, 3.05) is 31.1 Å². The maximum absolute atomic E-state index is 12.5. The topological polar surface area (TPSA) is 62.5 Å². The zero-order valence-corrected chi connectivity index (χ0v) is 15.2. The summed E-state index contributed by atoms with van der Waals surface area (Å²) in [6.45, 7) is 4.66. The van der Waals surface area contributed by atoms with E-state index in [2.05, 4.69) is 14.9 Å². The largest absolute Gasteiger partial charge is 0.422 e. The molecule has 134 valence electrons. The number of piperazine rings is 1. The van der Waals surface area contributed by atoms with Crippen LogP contribution >= 0.6 is 11.6 Å². The highest BCUT2D eigenvalue weighted by Gasteiger charge is 2.24. The summed E-state index contributed by atoms with van der Waals surface area (Å²) in [4.78, 5) is 25.2. The minimum Gasteiger partial charge on any atom is -0.422 e. The number of nitrogens with zero attached hydrogens (tertiary/aromatic N) is 4. The van der Waals surface area contributed by atoms with E-state index >= 15 is 0 Å². The van der Waals surface area contributed by atoms with Gasteiger partial charge in [0, 0.05) is 37.4 Å². The number of benzene rings is 1. The molecular formula is C19H19ClN4O2. The molecule has 1 saturated heterocycles. The molecule has 0 radical (unpaired) electrons. The van der Waals surface area contributed by atoms with Crippen LogP contribution in [-0.2, 0) is 11.2 Å². The molecule has 26 heavy (non-hydrogen) atoms. The van der Waals surface area contributed by atoms with Gasteiger partial charge in [-0.05, 0) is 36.2 Å². The number of amides is 1. The molecule has 3 aromatic rings. The number of rotatable bonds is 3. The maximum atomic E-state index is 12.5. The summed E-state index contributed by atoms with van der Waals surface area (Å²) < 4.78 is 5.83. The molecule has 7 heteroatoms. The average Bonchev–Trinajstić information content (AvgIpc) is 3.07. The first-order valence-corrected chi connectivity index (χ1v) is 8.96. The second kappa shape index (κ2) is 6.96. The van der Waals surface area contributed by atoms with Gasteiger partial charge in [-0.15, -0.1) is 0 Å². The summed E-state index contributed by atoms with van der Waals surface area (Å²) in [6.07, 6.45) is 2.17. The molecule has 1 fully saturated rings. The van der Waals surface area contributed by atoms with Gasteiger partial charge in [-0.25, -0.2) is 4.98 Å². The maximum Gasteiger partial charge on any atom is 0.300 e. The molecule has 1 aliphatic rings. The summed E-state index contributed by atoms with van der Waals surface area (Å²) in [5.74, 6) is 0.127. The summed E-state index contributed by atoms with van der Waals surface area (Å²) in [5.41, 5.74) is 3.33. The van der Waals surface area contributed by atoms with E-state index < -0.39 is 0 Å². The number of aryl methyl sites for hydroxylation is 1. The van der Waals surface area contributed by atoms with Gasteiger partial charge >= 0.3 is 0 Å². The van der Waals surface area contributed by atoms with Crippen LogP contribution in [0, 0.1) is 6.92 Å². The molecule has 0 spiro atoms. The standard InChI is InChI=1S/C19H19ClN4O2/c1-13-10-16-18(21-12-13)22-19(26-16)24-8-6-23(7-9-24)17(25)11-14-2-4-15(20)5-3-14/h2-5,10,12H,6-9,11H2,1H3. The third-order valence-electron chi connectivity index (χ3n) is 4.54. The van der Waals surface area contributed by atoms with E-state index in [1.165, 1.54) is 0 Å². The van der Waals surface area contributed by atoms with Crippen LogP contribution < -0.4 is 4.90 Å².